The van der Waals surface area contributed by atoms with E-state index in [1.54, 1.807) is 7.11 Å². The summed E-state index contributed by atoms with van der Waals surface area (Å²) in [5.41, 5.74) is 2.97. The number of amides is 1. The molecule has 0 aliphatic heterocycles. The Balaban J connectivity index is 1.54. The molecular formula is C15H18N4O2. The number of aromatic nitrogens is 3. The van der Waals surface area contributed by atoms with E-state index in [1.165, 1.54) is 0 Å². The van der Waals surface area contributed by atoms with Crippen LogP contribution in [0.3, 0.4) is 0 Å². The molecule has 21 heavy (non-hydrogen) atoms. The second-order valence-electron chi connectivity index (χ2n) is 5.22. The van der Waals surface area contributed by atoms with Crippen molar-refractivity contribution in [2.24, 2.45) is 5.92 Å². The first-order chi connectivity index (χ1) is 10.3. The third kappa shape index (κ3) is 3.04. The lowest BCUT2D eigenvalue weighted by Gasteiger charge is -2.19. The van der Waals surface area contributed by atoms with E-state index < -0.39 is 0 Å². The summed E-state index contributed by atoms with van der Waals surface area (Å²) in [6.07, 6.45) is 2.31. The molecule has 0 fully saturated rings. The summed E-state index contributed by atoms with van der Waals surface area (Å²) in [4.78, 5) is 12.2. The Hall–Kier alpha value is -2.37. The van der Waals surface area contributed by atoms with Gasteiger partial charge in [0.15, 0.2) is 0 Å². The fourth-order valence-corrected chi connectivity index (χ4v) is 2.59. The minimum absolute atomic E-state index is 0.0131. The number of aromatic amines is 1. The highest BCUT2D eigenvalue weighted by Gasteiger charge is 2.26. The van der Waals surface area contributed by atoms with E-state index in [2.05, 4.69) is 20.7 Å². The number of H-pyrrole nitrogens is 1. The molecule has 2 aromatic rings. The zero-order chi connectivity index (χ0) is 14.7. The number of nitrogens with zero attached hydrogens (tertiary/aromatic N) is 2. The van der Waals surface area contributed by atoms with Gasteiger partial charge >= 0.3 is 0 Å². The first kappa shape index (κ1) is 13.6. The van der Waals surface area contributed by atoms with Crippen LogP contribution in [0.25, 0.3) is 0 Å². The number of rotatable bonds is 4. The average Bonchev–Trinajstić information content (AvgIpc) is 3.00. The van der Waals surface area contributed by atoms with Crippen LogP contribution in [-0.2, 0) is 24.2 Å². The molecule has 6 heteroatoms. The summed E-state index contributed by atoms with van der Waals surface area (Å²) in [6, 6.07) is 7.69. The van der Waals surface area contributed by atoms with Crippen molar-refractivity contribution in [2.75, 3.05) is 7.11 Å². The van der Waals surface area contributed by atoms with Crippen molar-refractivity contribution in [1.29, 1.82) is 0 Å². The zero-order valence-electron chi connectivity index (χ0n) is 11.9. The van der Waals surface area contributed by atoms with E-state index in [4.69, 9.17) is 4.74 Å². The van der Waals surface area contributed by atoms with E-state index in [-0.39, 0.29) is 11.8 Å². The van der Waals surface area contributed by atoms with E-state index >= 15 is 0 Å². The van der Waals surface area contributed by atoms with Gasteiger partial charge in [-0.05, 0) is 30.5 Å². The van der Waals surface area contributed by atoms with Gasteiger partial charge in [-0.2, -0.15) is 15.4 Å². The van der Waals surface area contributed by atoms with E-state index in [9.17, 15) is 4.79 Å². The first-order valence-corrected chi connectivity index (χ1v) is 7.05. The van der Waals surface area contributed by atoms with Crippen LogP contribution in [0, 0.1) is 5.92 Å². The highest BCUT2D eigenvalue weighted by molar-refractivity contribution is 5.79. The molecule has 1 unspecified atom stereocenters. The number of nitrogens with one attached hydrogen (secondary N) is 2. The van der Waals surface area contributed by atoms with Gasteiger partial charge in [-0.15, -0.1) is 0 Å². The summed E-state index contributed by atoms with van der Waals surface area (Å²) < 4.78 is 5.11. The number of ether oxygens (including phenoxy) is 1. The van der Waals surface area contributed by atoms with Crippen LogP contribution in [-0.4, -0.2) is 28.4 Å². The molecule has 3 rings (SSSR count). The molecule has 1 aromatic carbocycles. The highest BCUT2D eigenvalue weighted by atomic mass is 16.5. The van der Waals surface area contributed by atoms with Crippen LogP contribution < -0.4 is 10.1 Å². The van der Waals surface area contributed by atoms with E-state index in [1.807, 2.05) is 24.3 Å². The Morgan fingerprint density at radius 2 is 2.10 bits per heavy atom. The molecule has 110 valence electrons. The predicted molar refractivity (Wildman–Crippen MR) is 76.7 cm³/mol. The Kier molecular flexibility index (Phi) is 3.85. The van der Waals surface area contributed by atoms with Crippen LogP contribution in [0.2, 0.25) is 0 Å². The standard InChI is InChI=1S/C15H18N4O2/c1-21-12-5-2-10(3-6-12)9-16-15(20)11-4-7-13-14(8-11)18-19-17-13/h2-3,5-6,11H,4,7-9H2,1H3,(H,16,20)(H,17,18,19). The number of hydrogen-bond donors (Lipinski definition) is 2. The van der Waals surface area contributed by atoms with Gasteiger partial charge in [0.1, 0.15) is 5.75 Å². The highest BCUT2D eigenvalue weighted by Crippen LogP contribution is 2.22. The minimum atomic E-state index is -0.0131. The van der Waals surface area contributed by atoms with Crippen LogP contribution >= 0.6 is 0 Å². The molecule has 0 spiro atoms. The normalized spacial score (nSPS) is 17.1. The monoisotopic (exact) mass is 286 g/mol. The minimum Gasteiger partial charge on any atom is -0.497 e. The smallest absolute Gasteiger partial charge is 0.223 e. The summed E-state index contributed by atoms with van der Waals surface area (Å²) >= 11 is 0. The first-order valence-electron chi connectivity index (χ1n) is 7.05. The van der Waals surface area contributed by atoms with Gasteiger partial charge in [0.25, 0.3) is 0 Å². The molecule has 1 atom stereocenters. The molecule has 0 bridgehead atoms. The Labute approximate surface area is 122 Å². The van der Waals surface area contributed by atoms with Crippen molar-refractivity contribution in [1.82, 2.24) is 20.7 Å². The molecule has 0 saturated carbocycles. The maximum Gasteiger partial charge on any atom is 0.223 e. The number of methoxy groups -OCH3 is 1. The molecular weight excluding hydrogens is 268 g/mol. The van der Waals surface area contributed by atoms with Gasteiger partial charge in [0.05, 0.1) is 18.5 Å². The maximum atomic E-state index is 12.2. The number of hydrogen-bond acceptors (Lipinski definition) is 4. The maximum absolute atomic E-state index is 12.2. The lowest BCUT2D eigenvalue weighted by Crippen LogP contribution is -2.33. The van der Waals surface area contributed by atoms with Crippen molar-refractivity contribution >= 4 is 5.91 Å². The second-order valence-corrected chi connectivity index (χ2v) is 5.22. The van der Waals surface area contributed by atoms with Gasteiger partial charge < -0.3 is 10.1 Å². The van der Waals surface area contributed by atoms with Crippen molar-refractivity contribution < 1.29 is 9.53 Å². The van der Waals surface area contributed by atoms with Crippen molar-refractivity contribution in [2.45, 2.75) is 25.8 Å². The van der Waals surface area contributed by atoms with Gasteiger partial charge in [0, 0.05) is 18.9 Å². The van der Waals surface area contributed by atoms with Crippen molar-refractivity contribution in [3.63, 3.8) is 0 Å². The molecule has 6 nitrogen and oxygen atoms in total. The molecule has 1 amide bonds. The van der Waals surface area contributed by atoms with Crippen molar-refractivity contribution in [3.8, 4) is 5.75 Å². The van der Waals surface area contributed by atoms with E-state index in [0.717, 1.165) is 35.5 Å². The summed E-state index contributed by atoms with van der Waals surface area (Å²) in [5, 5.41) is 13.8. The molecule has 0 saturated heterocycles. The van der Waals surface area contributed by atoms with Crippen LogP contribution in [0.5, 0.6) is 5.75 Å². The lowest BCUT2D eigenvalue weighted by atomic mass is 9.89. The number of aryl methyl sites for hydroxylation is 1. The molecule has 1 aromatic heterocycles. The number of carbonyl (C=O) groups excluding carboxylic acids is 1. The second kappa shape index (κ2) is 5.95. The van der Waals surface area contributed by atoms with Gasteiger partial charge in [-0.1, -0.05) is 12.1 Å². The van der Waals surface area contributed by atoms with Gasteiger partial charge in [0.2, 0.25) is 5.91 Å². The third-order valence-corrected chi connectivity index (χ3v) is 3.87. The average molecular weight is 286 g/mol. The summed E-state index contributed by atoms with van der Waals surface area (Å²) in [6.45, 7) is 0.533. The Bertz CT molecular complexity index is 621. The SMILES string of the molecule is COc1ccc(CNC(=O)C2CCc3n[nH]nc3C2)cc1. The zero-order valence-corrected chi connectivity index (χ0v) is 11.9. The lowest BCUT2D eigenvalue weighted by molar-refractivity contribution is -0.125. The Morgan fingerprint density at radius 3 is 2.86 bits per heavy atom. The largest absolute Gasteiger partial charge is 0.497 e. The van der Waals surface area contributed by atoms with Gasteiger partial charge in [-0.25, -0.2) is 0 Å². The van der Waals surface area contributed by atoms with Crippen LogP contribution in [0.15, 0.2) is 24.3 Å². The third-order valence-electron chi connectivity index (χ3n) is 3.87. The fraction of sp³-hybridized carbons (Fsp3) is 0.400. The molecule has 1 aliphatic rings. The predicted octanol–water partition coefficient (Wildman–Crippen LogP) is 1.23. The quantitative estimate of drug-likeness (QED) is 0.886. The molecule has 1 aliphatic carbocycles. The number of fused-ring (bicyclic) bond motifs is 1. The Morgan fingerprint density at radius 1 is 1.33 bits per heavy atom. The number of benzene rings is 1. The fourth-order valence-electron chi connectivity index (χ4n) is 2.59. The molecule has 0 radical (unpaired) electrons. The van der Waals surface area contributed by atoms with Crippen LogP contribution in [0.1, 0.15) is 23.4 Å². The van der Waals surface area contributed by atoms with Crippen LogP contribution in [0.4, 0.5) is 0 Å². The topological polar surface area (TPSA) is 79.9 Å². The van der Waals surface area contributed by atoms with Gasteiger partial charge in [-0.3, -0.25) is 4.79 Å². The summed E-state index contributed by atoms with van der Waals surface area (Å²) in [7, 11) is 1.64. The molecule has 1 heterocycles. The molecule has 2 N–H and O–H groups in total. The summed E-state index contributed by atoms with van der Waals surface area (Å²) in [5.74, 6) is 0.885. The number of carbonyl (C=O) groups is 1. The van der Waals surface area contributed by atoms with E-state index in [0.29, 0.717) is 13.0 Å². The van der Waals surface area contributed by atoms with Crippen molar-refractivity contribution in [3.05, 3.63) is 41.2 Å².